The lowest BCUT2D eigenvalue weighted by Crippen LogP contribution is -2.17. The number of amides is 1. The predicted molar refractivity (Wildman–Crippen MR) is 96.7 cm³/mol. The molecule has 0 bridgehead atoms. The summed E-state index contributed by atoms with van der Waals surface area (Å²) in [7, 11) is 0. The van der Waals surface area contributed by atoms with E-state index in [0.29, 0.717) is 5.56 Å². The Hall–Kier alpha value is -3.14. The third-order valence-corrected chi connectivity index (χ3v) is 3.84. The molecule has 0 fully saturated rings. The quantitative estimate of drug-likeness (QED) is 0.576. The zero-order valence-corrected chi connectivity index (χ0v) is 13.7. The second-order valence-electron chi connectivity index (χ2n) is 5.61. The second-order valence-corrected chi connectivity index (χ2v) is 5.61. The second kappa shape index (κ2) is 6.96. The van der Waals surface area contributed by atoms with Gasteiger partial charge >= 0.3 is 0 Å². The van der Waals surface area contributed by atoms with Crippen molar-refractivity contribution in [2.45, 2.75) is 13.8 Å². The lowest BCUT2D eigenvalue weighted by Gasteiger charge is -2.10. The highest BCUT2D eigenvalue weighted by Gasteiger charge is 2.07. The molecule has 4 nitrogen and oxygen atoms in total. The Kier molecular flexibility index (Phi) is 4.57. The van der Waals surface area contributed by atoms with Gasteiger partial charge in [0.1, 0.15) is 0 Å². The van der Waals surface area contributed by atoms with E-state index in [9.17, 15) is 4.79 Å². The van der Waals surface area contributed by atoms with Gasteiger partial charge in [-0.1, -0.05) is 30.3 Å². The van der Waals surface area contributed by atoms with Crippen molar-refractivity contribution in [1.29, 1.82) is 0 Å². The summed E-state index contributed by atoms with van der Waals surface area (Å²) >= 11 is 0. The molecule has 0 aliphatic carbocycles. The maximum Gasteiger partial charge on any atom is 0.271 e. The van der Waals surface area contributed by atoms with E-state index in [0.717, 1.165) is 22.6 Å². The highest BCUT2D eigenvalue weighted by Crippen LogP contribution is 2.16. The van der Waals surface area contributed by atoms with Crippen LogP contribution in [0.25, 0.3) is 5.69 Å². The van der Waals surface area contributed by atoms with Gasteiger partial charge in [0.2, 0.25) is 0 Å². The maximum atomic E-state index is 12.1. The van der Waals surface area contributed by atoms with Gasteiger partial charge in [-0.05, 0) is 55.8 Å². The first kappa shape index (κ1) is 15.7. The summed E-state index contributed by atoms with van der Waals surface area (Å²) in [6.07, 6.45) is 1.62. The lowest BCUT2D eigenvalue weighted by molar-refractivity contribution is 0.0955. The number of nitrogens with one attached hydrogen (secondary N) is 1. The van der Waals surface area contributed by atoms with Crippen molar-refractivity contribution in [3.63, 3.8) is 0 Å². The molecule has 1 N–H and O–H groups in total. The smallest absolute Gasteiger partial charge is 0.271 e. The first-order valence-corrected chi connectivity index (χ1v) is 7.79. The number of carbonyl (C=O) groups is 1. The molecule has 0 aliphatic heterocycles. The fourth-order valence-corrected chi connectivity index (χ4v) is 2.61. The number of aryl methyl sites for hydroxylation is 2. The number of benzene rings is 2. The minimum absolute atomic E-state index is 0.227. The summed E-state index contributed by atoms with van der Waals surface area (Å²) in [6.45, 7) is 4.12. The maximum absolute atomic E-state index is 12.1. The minimum atomic E-state index is -0.227. The predicted octanol–water partition coefficient (Wildman–Crippen LogP) is 3.86. The van der Waals surface area contributed by atoms with Crippen LogP contribution < -0.4 is 5.43 Å². The molecule has 0 atom stereocenters. The Morgan fingerprint density at radius 2 is 1.54 bits per heavy atom. The lowest BCUT2D eigenvalue weighted by atomic mass is 10.2. The minimum Gasteiger partial charge on any atom is -0.319 e. The largest absolute Gasteiger partial charge is 0.319 e. The Morgan fingerprint density at radius 3 is 2.17 bits per heavy atom. The highest BCUT2D eigenvalue weighted by atomic mass is 16.2. The van der Waals surface area contributed by atoms with E-state index in [1.165, 1.54) is 0 Å². The molecule has 4 heteroatoms. The van der Waals surface area contributed by atoms with Gasteiger partial charge in [0, 0.05) is 22.6 Å². The van der Waals surface area contributed by atoms with Crippen molar-refractivity contribution in [2.24, 2.45) is 5.10 Å². The van der Waals surface area contributed by atoms with Crippen molar-refractivity contribution in [3.8, 4) is 5.69 Å². The van der Waals surface area contributed by atoms with Crippen molar-refractivity contribution >= 4 is 12.1 Å². The average Bonchev–Trinajstić information content (AvgIpc) is 2.94. The molecule has 3 aromatic rings. The van der Waals surface area contributed by atoms with Crippen molar-refractivity contribution < 1.29 is 4.79 Å². The summed E-state index contributed by atoms with van der Waals surface area (Å²) in [5.74, 6) is -0.227. The molecule has 0 spiro atoms. The molecule has 3 rings (SSSR count). The summed E-state index contributed by atoms with van der Waals surface area (Å²) in [5.41, 5.74) is 7.43. The van der Waals surface area contributed by atoms with Crippen LogP contribution in [0.15, 0.2) is 71.8 Å². The number of nitrogens with zero attached hydrogens (tertiary/aromatic N) is 2. The molecule has 0 unspecified atom stereocenters. The van der Waals surface area contributed by atoms with Crippen LogP contribution in [0.4, 0.5) is 0 Å². The van der Waals surface area contributed by atoms with E-state index in [2.05, 4.69) is 41.1 Å². The Labute approximate surface area is 141 Å². The zero-order valence-electron chi connectivity index (χ0n) is 13.7. The van der Waals surface area contributed by atoms with Crippen LogP contribution >= 0.6 is 0 Å². The molecule has 0 saturated heterocycles. The van der Waals surface area contributed by atoms with Crippen molar-refractivity contribution in [1.82, 2.24) is 9.99 Å². The fourth-order valence-electron chi connectivity index (χ4n) is 2.61. The third-order valence-electron chi connectivity index (χ3n) is 3.84. The molecule has 24 heavy (non-hydrogen) atoms. The first-order chi connectivity index (χ1) is 11.6. The van der Waals surface area contributed by atoms with Crippen molar-refractivity contribution in [2.75, 3.05) is 0 Å². The van der Waals surface area contributed by atoms with Crippen LogP contribution in [0.2, 0.25) is 0 Å². The zero-order chi connectivity index (χ0) is 16.9. The number of aromatic nitrogens is 1. The molecule has 1 amide bonds. The molecular weight excluding hydrogens is 298 g/mol. The van der Waals surface area contributed by atoms with E-state index in [1.807, 2.05) is 54.6 Å². The molecule has 1 aromatic heterocycles. The van der Waals surface area contributed by atoms with Gasteiger partial charge in [0.25, 0.3) is 5.91 Å². The standard InChI is InChI=1S/C20H19N3O/c1-15-8-9-16(2)23(15)19-12-10-18(11-13-19)20(24)22-21-14-17-6-4-3-5-7-17/h3-14H,1-2H3,(H,22,24)/b21-14-. The molecule has 1 heterocycles. The molecule has 120 valence electrons. The molecular formula is C20H19N3O. The molecule has 0 saturated carbocycles. The van der Waals surface area contributed by atoms with Crippen LogP contribution in [-0.4, -0.2) is 16.7 Å². The Morgan fingerprint density at radius 1 is 0.917 bits per heavy atom. The normalized spacial score (nSPS) is 10.9. The van der Waals surface area contributed by atoms with Gasteiger partial charge in [-0.25, -0.2) is 5.43 Å². The van der Waals surface area contributed by atoms with E-state index >= 15 is 0 Å². The van der Waals surface area contributed by atoms with Gasteiger partial charge in [-0.3, -0.25) is 4.79 Å². The van der Waals surface area contributed by atoms with Crippen LogP contribution in [0.1, 0.15) is 27.3 Å². The van der Waals surface area contributed by atoms with E-state index in [-0.39, 0.29) is 5.91 Å². The molecule has 0 radical (unpaired) electrons. The number of hydrogen-bond acceptors (Lipinski definition) is 2. The monoisotopic (exact) mass is 317 g/mol. The van der Waals surface area contributed by atoms with Crippen LogP contribution in [-0.2, 0) is 0 Å². The first-order valence-electron chi connectivity index (χ1n) is 7.79. The third kappa shape index (κ3) is 3.43. The van der Waals surface area contributed by atoms with Crippen LogP contribution in [0.3, 0.4) is 0 Å². The molecule has 2 aromatic carbocycles. The number of hydrazone groups is 1. The fraction of sp³-hybridized carbons (Fsp3) is 0.100. The summed E-state index contributed by atoms with van der Waals surface area (Å²) in [6, 6.07) is 21.3. The van der Waals surface area contributed by atoms with E-state index in [1.54, 1.807) is 6.21 Å². The van der Waals surface area contributed by atoms with Gasteiger partial charge in [0.15, 0.2) is 0 Å². The van der Waals surface area contributed by atoms with Crippen molar-refractivity contribution in [3.05, 3.63) is 89.2 Å². The van der Waals surface area contributed by atoms with E-state index < -0.39 is 0 Å². The summed E-state index contributed by atoms with van der Waals surface area (Å²) in [4.78, 5) is 12.1. The number of carbonyl (C=O) groups excluding carboxylic acids is 1. The van der Waals surface area contributed by atoms with Crippen LogP contribution in [0, 0.1) is 13.8 Å². The van der Waals surface area contributed by atoms with Gasteiger partial charge in [-0.15, -0.1) is 0 Å². The number of rotatable bonds is 4. The highest BCUT2D eigenvalue weighted by molar-refractivity contribution is 5.95. The topological polar surface area (TPSA) is 46.4 Å². The average molecular weight is 317 g/mol. The van der Waals surface area contributed by atoms with Gasteiger partial charge < -0.3 is 4.57 Å². The van der Waals surface area contributed by atoms with E-state index in [4.69, 9.17) is 0 Å². The Bertz CT molecular complexity index is 842. The SMILES string of the molecule is Cc1ccc(C)n1-c1ccc(C(=O)N/N=C\c2ccccc2)cc1. The van der Waals surface area contributed by atoms with Crippen LogP contribution in [0.5, 0.6) is 0 Å². The Balaban J connectivity index is 1.69. The summed E-state index contributed by atoms with van der Waals surface area (Å²) in [5, 5.41) is 3.99. The summed E-state index contributed by atoms with van der Waals surface area (Å²) < 4.78 is 2.15. The van der Waals surface area contributed by atoms with Gasteiger partial charge in [0.05, 0.1) is 6.21 Å². The molecule has 0 aliphatic rings. The van der Waals surface area contributed by atoms with Gasteiger partial charge in [-0.2, -0.15) is 5.10 Å². The number of hydrogen-bond donors (Lipinski definition) is 1.